The Morgan fingerprint density at radius 3 is 2.65 bits per heavy atom. The molecule has 1 amide bonds. The molecule has 2 heterocycles. The van der Waals surface area contributed by atoms with Crippen LogP contribution in [0.5, 0.6) is 11.5 Å². The molecule has 0 unspecified atom stereocenters. The van der Waals surface area contributed by atoms with Gasteiger partial charge in [0, 0.05) is 19.1 Å². The average molecular weight is 423 g/mol. The van der Waals surface area contributed by atoms with Gasteiger partial charge in [0.15, 0.2) is 17.2 Å². The maximum Gasteiger partial charge on any atom is 0.273 e. The smallest absolute Gasteiger partial charge is 0.273 e. The maximum absolute atomic E-state index is 13.2. The number of halogens is 1. The molecule has 3 aromatic rings. The minimum Gasteiger partial charge on any atom is -0.454 e. The molecule has 1 saturated carbocycles. The van der Waals surface area contributed by atoms with Gasteiger partial charge in [0.2, 0.25) is 12.7 Å². The molecule has 0 saturated heterocycles. The van der Waals surface area contributed by atoms with Gasteiger partial charge in [-0.25, -0.2) is 9.37 Å². The number of fused-ring (bicyclic) bond motifs is 1. The lowest BCUT2D eigenvalue weighted by molar-refractivity contribution is 0.0945. The zero-order valence-corrected chi connectivity index (χ0v) is 16.8. The summed E-state index contributed by atoms with van der Waals surface area (Å²) < 4.78 is 29.4. The number of rotatable bonds is 8. The Hall–Kier alpha value is -3.39. The molecule has 0 spiro atoms. The van der Waals surface area contributed by atoms with Gasteiger partial charge < -0.3 is 19.2 Å². The molecule has 1 N–H and O–H groups in total. The van der Waals surface area contributed by atoms with Crippen LogP contribution in [-0.2, 0) is 19.6 Å². The topological polar surface area (TPSA) is 76.8 Å². The lowest BCUT2D eigenvalue weighted by atomic mass is 10.2. The lowest BCUT2D eigenvalue weighted by Gasteiger charge is -2.20. The summed E-state index contributed by atoms with van der Waals surface area (Å²) >= 11 is 0. The minimum atomic E-state index is -0.302. The van der Waals surface area contributed by atoms with Gasteiger partial charge in [-0.15, -0.1) is 0 Å². The predicted molar refractivity (Wildman–Crippen MR) is 109 cm³/mol. The van der Waals surface area contributed by atoms with Crippen LogP contribution in [0.15, 0.2) is 53.1 Å². The fourth-order valence-corrected chi connectivity index (χ4v) is 3.56. The zero-order valence-electron chi connectivity index (χ0n) is 16.8. The molecule has 0 bridgehead atoms. The van der Waals surface area contributed by atoms with Crippen molar-refractivity contribution in [2.45, 2.75) is 38.5 Å². The van der Waals surface area contributed by atoms with Crippen LogP contribution in [-0.4, -0.2) is 28.6 Å². The molecule has 1 fully saturated rings. The van der Waals surface area contributed by atoms with Crippen LogP contribution in [0.3, 0.4) is 0 Å². The van der Waals surface area contributed by atoms with E-state index in [0.29, 0.717) is 43.1 Å². The summed E-state index contributed by atoms with van der Waals surface area (Å²) in [5.74, 6) is 1.33. The molecule has 1 aliphatic carbocycles. The number of nitrogens with one attached hydrogen (secondary N) is 1. The molecule has 2 aliphatic rings. The highest BCUT2D eigenvalue weighted by Crippen LogP contribution is 2.32. The van der Waals surface area contributed by atoms with E-state index in [1.165, 1.54) is 18.4 Å². The molecule has 160 valence electrons. The molecule has 1 aromatic heterocycles. The normalized spacial score (nSPS) is 14.8. The van der Waals surface area contributed by atoms with E-state index < -0.39 is 0 Å². The van der Waals surface area contributed by atoms with Crippen molar-refractivity contribution in [3.05, 3.63) is 77.3 Å². The first-order chi connectivity index (χ1) is 15.1. The monoisotopic (exact) mass is 423 g/mol. The van der Waals surface area contributed by atoms with Crippen molar-refractivity contribution in [2.75, 3.05) is 6.79 Å². The second-order valence-corrected chi connectivity index (χ2v) is 7.76. The van der Waals surface area contributed by atoms with Crippen LogP contribution in [0.1, 0.15) is 40.3 Å². The Labute approximate surface area is 178 Å². The predicted octanol–water partition coefficient (Wildman–Crippen LogP) is 3.64. The first-order valence-electron chi connectivity index (χ1n) is 10.2. The number of oxazole rings is 1. The minimum absolute atomic E-state index is 0.214. The molecule has 1 aliphatic heterocycles. The van der Waals surface area contributed by atoms with Gasteiger partial charge in [0.1, 0.15) is 12.1 Å². The number of carbonyl (C=O) groups excluding carboxylic acids is 1. The first-order valence-corrected chi connectivity index (χ1v) is 10.2. The van der Waals surface area contributed by atoms with Crippen molar-refractivity contribution >= 4 is 5.91 Å². The van der Waals surface area contributed by atoms with Gasteiger partial charge in [-0.3, -0.25) is 9.69 Å². The number of nitrogens with zero attached hydrogens (tertiary/aromatic N) is 2. The SMILES string of the molecule is O=C(NCc1ccc2c(c1)OCO2)c1coc(CN(Cc2ccc(F)cc2)C2CC2)n1. The van der Waals surface area contributed by atoms with E-state index in [1.54, 1.807) is 12.1 Å². The molecular weight excluding hydrogens is 401 g/mol. The number of hydrogen-bond donors (Lipinski definition) is 1. The van der Waals surface area contributed by atoms with E-state index in [4.69, 9.17) is 13.9 Å². The van der Waals surface area contributed by atoms with Crippen LogP contribution in [0.2, 0.25) is 0 Å². The Balaban J connectivity index is 1.18. The first kappa shape index (κ1) is 19.6. The van der Waals surface area contributed by atoms with E-state index in [9.17, 15) is 9.18 Å². The quantitative estimate of drug-likeness (QED) is 0.596. The average Bonchev–Trinajstić information content (AvgIpc) is 3.34. The van der Waals surface area contributed by atoms with E-state index in [1.807, 2.05) is 18.2 Å². The third-order valence-electron chi connectivity index (χ3n) is 5.37. The Morgan fingerprint density at radius 1 is 1.06 bits per heavy atom. The summed E-state index contributed by atoms with van der Waals surface area (Å²) in [6.45, 7) is 1.73. The molecule has 31 heavy (non-hydrogen) atoms. The van der Waals surface area contributed by atoms with Gasteiger partial charge in [0.05, 0.1) is 6.54 Å². The second kappa shape index (κ2) is 8.39. The molecule has 0 radical (unpaired) electrons. The number of benzene rings is 2. The highest BCUT2D eigenvalue weighted by molar-refractivity contribution is 5.91. The summed E-state index contributed by atoms with van der Waals surface area (Å²) in [6.07, 6.45) is 3.61. The second-order valence-electron chi connectivity index (χ2n) is 7.76. The van der Waals surface area contributed by atoms with Crippen molar-refractivity contribution in [1.29, 1.82) is 0 Å². The Morgan fingerprint density at radius 2 is 1.84 bits per heavy atom. The van der Waals surface area contributed by atoms with Gasteiger partial charge in [0.25, 0.3) is 5.91 Å². The molecule has 7 nitrogen and oxygen atoms in total. The highest BCUT2D eigenvalue weighted by atomic mass is 19.1. The molecule has 2 aromatic carbocycles. The largest absolute Gasteiger partial charge is 0.454 e. The Kier molecular flexibility index (Phi) is 5.30. The third kappa shape index (κ3) is 4.69. The fourth-order valence-electron chi connectivity index (χ4n) is 3.56. The number of amides is 1. The van der Waals surface area contributed by atoms with Gasteiger partial charge in [-0.2, -0.15) is 0 Å². The fraction of sp³-hybridized carbons (Fsp3) is 0.304. The molecule has 0 atom stereocenters. The van der Waals surface area contributed by atoms with Gasteiger partial charge >= 0.3 is 0 Å². The van der Waals surface area contributed by atoms with Crippen LogP contribution in [0, 0.1) is 5.82 Å². The van der Waals surface area contributed by atoms with E-state index in [0.717, 1.165) is 24.0 Å². The number of hydrogen-bond acceptors (Lipinski definition) is 6. The van der Waals surface area contributed by atoms with Gasteiger partial charge in [-0.05, 0) is 48.2 Å². The zero-order chi connectivity index (χ0) is 21.2. The molecule has 8 heteroatoms. The highest BCUT2D eigenvalue weighted by Gasteiger charge is 2.30. The summed E-state index contributed by atoms with van der Waals surface area (Å²) in [7, 11) is 0. The summed E-state index contributed by atoms with van der Waals surface area (Å²) in [5.41, 5.74) is 2.18. The van der Waals surface area contributed by atoms with Crippen LogP contribution < -0.4 is 14.8 Å². The van der Waals surface area contributed by atoms with Crippen molar-refractivity contribution < 1.29 is 23.1 Å². The van der Waals surface area contributed by atoms with Gasteiger partial charge in [-0.1, -0.05) is 18.2 Å². The standard InChI is InChI=1S/C23H22FN3O4/c24-17-4-1-15(2-5-17)11-27(18-6-7-18)12-22-26-19(13-29-22)23(28)25-10-16-3-8-20-21(9-16)31-14-30-20/h1-5,8-9,13,18H,6-7,10-12,14H2,(H,25,28). The summed E-state index contributed by atoms with van der Waals surface area (Å²) in [4.78, 5) is 19.1. The third-order valence-corrected chi connectivity index (χ3v) is 5.37. The van der Waals surface area contributed by atoms with Crippen molar-refractivity contribution in [3.8, 4) is 11.5 Å². The van der Waals surface area contributed by atoms with Crippen molar-refractivity contribution in [1.82, 2.24) is 15.2 Å². The summed E-state index contributed by atoms with van der Waals surface area (Å²) in [6, 6.07) is 12.5. The van der Waals surface area contributed by atoms with Crippen molar-refractivity contribution in [3.63, 3.8) is 0 Å². The maximum atomic E-state index is 13.2. The van der Waals surface area contributed by atoms with E-state index >= 15 is 0 Å². The van der Waals surface area contributed by atoms with Crippen LogP contribution in [0.4, 0.5) is 4.39 Å². The number of ether oxygens (including phenoxy) is 2. The van der Waals surface area contributed by atoms with E-state index in [2.05, 4.69) is 15.2 Å². The van der Waals surface area contributed by atoms with E-state index in [-0.39, 0.29) is 24.2 Å². The van der Waals surface area contributed by atoms with Crippen LogP contribution in [0.25, 0.3) is 0 Å². The summed E-state index contributed by atoms with van der Waals surface area (Å²) in [5, 5.41) is 2.85. The molecule has 5 rings (SSSR count). The Bertz CT molecular complexity index is 1080. The lowest BCUT2D eigenvalue weighted by Crippen LogP contribution is -2.26. The molecular formula is C23H22FN3O4. The number of carbonyl (C=O) groups is 1. The van der Waals surface area contributed by atoms with Crippen molar-refractivity contribution in [2.24, 2.45) is 0 Å². The van der Waals surface area contributed by atoms with Crippen LogP contribution >= 0.6 is 0 Å². The number of aromatic nitrogens is 1.